The van der Waals surface area contributed by atoms with Crippen molar-refractivity contribution < 1.29 is 4.42 Å². The Labute approximate surface area is 337 Å². The maximum absolute atomic E-state index is 6.53. The third kappa shape index (κ3) is 5.77. The summed E-state index contributed by atoms with van der Waals surface area (Å²) in [6.45, 7) is 0. The van der Waals surface area contributed by atoms with Gasteiger partial charge in [-0.2, -0.15) is 0 Å². The zero-order valence-electron chi connectivity index (χ0n) is 31.9. The fraction of sp³-hybridized carbons (Fsp3) is 0.0370. The standard InChI is InChI=1S/C54H39N3O/c1-4-15-39(16-5-1)55(40-17-6-2-7-18-40)43-31-33-44(34-32-43)56(42-29-27-38(28-30-42)46-23-14-24-49-48-22-11-13-26-53(48)58-54(46)49)45-35-36-52-50(37-45)47-21-10-12-25-51(47)57(52)41-19-8-3-9-20-41/h1-12,14-25,27-37H,13,26H2. The summed E-state index contributed by atoms with van der Waals surface area (Å²) in [6, 6.07) is 71.7. The minimum atomic E-state index is 0.940. The number of allylic oxidation sites excluding steroid dienone is 1. The van der Waals surface area contributed by atoms with Crippen LogP contribution in [0.15, 0.2) is 211 Å². The van der Waals surface area contributed by atoms with Crippen LogP contribution < -0.4 is 9.80 Å². The smallest absolute Gasteiger partial charge is 0.142 e. The number of fused-ring (bicyclic) bond motifs is 6. The van der Waals surface area contributed by atoms with Gasteiger partial charge in [0, 0.05) is 73.5 Å². The van der Waals surface area contributed by atoms with Gasteiger partial charge in [0.2, 0.25) is 0 Å². The summed E-state index contributed by atoms with van der Waals surface area (Å²) in [7, 11) is 0. The molecule has 0 amide bonds. The Morgan fingerprint density at radius 1 is 0.431 bits per heavy atom. The molecule has 0 N–H and O–H groups in total. The molecule has 0 radical (unpaired) electrons. The highest BCUT2D eigenvalue weighted by Crippen LogP contribution is 2.43. The molecule has 0 bridgehead atoms. The maximum atomic E-state index is 6.53. The molecular weight excluding hydrogens is 707 g/mol. The zero-order valence-corrected chi connectivity index (χ0v) is 31.9. The first kappa shape index (κ1) is 33.8. The van der Waals surface area contributed by atoms with E-state index in [4.69, 9.17) is 4.42 Å². The average Bonchev–Trinajstić information content (AvgIpc) is 3.84. The van der Waals surface area contributed by atoms with E-state index in [2.05, 4.69) is 227 Å². The monoisotopic (exact) mass is 745 g/mol. The number of benzene rings is 8. The number of nitrogens with zero attached hydrogens (tertiary/aromatic N) is 3. The van der Waals surface area contributed by atoms with E-state index < -0.39 is 0 Å². The lowest BCUT2D eigenvalue weighted by Gasteiger charge is -2.28. The van der Waals surface area contributed by atoms with Crippen LogP contribution in [0.25, 0.3) is 55.7 Å². The Kier molecular flexibility index (Phi) is 8.25. The second kappa shape index (κ2) is 14.2. The molecule has 58 heavy (non-hydrogen) atoms. The van der Waals surface area contributed by atoms with Gasteiger partial charge in [-0.25, -0.2) is 0 Å². The molecule has 0 fully saturated rings. The molecule has 1 aliphatic rings. The molecule has 1 aliphatic carbocycles. The van der Waals surface area contributed by atoms with Crippen molar-refractivity contribution in [2.45, 2.75) is 12.8 Å². The summed E-state index contributed by atoms with van der Waals surface area (Å²) in [5, 5.41) is 3.61. The van der Waals surface area contributed by atoms with Crippen LogP contribution >= 0.6 is 0 Å². The summed E-state index contributed by atoms with van der Waals surface area (Å²) in [5.41, 5.74) is 14.4. The first-order valence-electron chi connectivity index (χ1n) is 20.0. The van der Waals surface area contributed by atoms with Gasteiger partial charge in [-0.1, -0.05) is 115 Å². The predicted octanol–water partition coefficient (Wildman–Crippen LogP) is 15.1. The Morgan fingerprint density at radius 3 is 1.66 bits per heavy atom. The first-order chi connectivity index (χ1) is 28.8. The number of aryl methyl sites for hydroxylation is 1. The molecule has 0 aliphatic heterocycles. The largest absolute Gasteiger partial charge is 0.460 e. The van der Waals surface area contributed by atoms with Crippen LogP contribution in [0, 0.1) is 0 Å². The van der Waals surface area contributed by atoms with Crippen molar-refractivity contribution >= 4 is 73.0 Å². The molecule has 2 heterocycles. The summed E-state index contributed by atoms with van der Waals surface area (Å²) >= 11 is 0. The van der Waals surface area contributed by atoms with E-state index >= 15 is 0 Å². The van der Waals surface area contributed by atoms with Crippen LogP contribution in [0.2, 0.25) is 0 Å². The van der Waals surface area contributed by atoms with Gasteiger partial charge in [0.1, 0.15) is 11.3 Å². The van der Waals surface area contributed by atoms with Crippen molar-refractivity contribution in [3.8, 4) is 16.8 Å². The molecule has 0 atom stereocenters. The van der Waals surface area contributed by atoms with Crippen LogP contribution in [0.5, 0.6) is 0 Å². The number of hydrogen-bond donors (Lipinski definition) is 0. The van der Waals surface area contributed by atoms with E-state index in [0.717, 1.165) is 75.1 Å². The van der Waals surface area contributed by atoms with Gasteiger partial charge >= 0.3 is 0 Å². The lowest BCUT2D eigenvalue weighted by Crippen LogP contribution is -2.12. The van der Waals surface area contributed by atoms with Gasteiger partial charge in [0.25, 0.3) is 0 Å². The van der Waals surface area contributed by atoms with Gasteiger partial charge < -0.3 is 18.8 Å². The number of anilines is 6. The second-order valence-corrected chi connectivity index (χ2v) is 14.9. The summed E-state index contributed by atoms with van der Waals surface area (Å²) in [5.74, 6) is 1.08. The van der Waals surface area contributed by atoms with Gasteiger partial charge in [-0.05, 0) is 109 Å². The van der Waals surface area contributed by atoms with Crippen LogP contribution in [0.3, 0.4) is 0 Å². The molecule has 8 aromatic carbocycles. The van der Waals surface area contributed by atoms with Crippen LogP contribution in [0.1, 0.15) is 17.7 Å². The summed E-state index contributed by atoms with van der Waals surface area (Å²) < 4.78 is 8.90. The highest BCUT2D eigenvalue weighted by Gasteiger charge is 2.21. The molecule has 276 valence electrons. The van der Waals surface area contributed by atoms with Gasteiger partial charge in [0.05, 0.1) is 11.0 Å². The number of furan rings is 1. The quantitative estimate of drug-likeness (QED) is 0.155. The highest BCUT2D eigenvalue weighted by molar-refractivity contribution is 6.10. The normalized spacial score (nSPS) is 12.3. The topological polar surface area (TPSA) is 24.6 Å². The summed E-state index contributed by atoms with van der Waals surface area (Å²) in [4.78, 5) is 4.67. The van der Waals surface area contributed by atoms with Crippen molar-refractivity contribution in [3.05, 3.63) is 218 Å². The molecule has 0 unspecified atom stereocenters. The van der Waals surface area contributed by atoms with Crippen molar-refractivity contribution in [1.29, 1.82) is 0 Å². The van der Waals surface area contributed by atoms with Gasteiger partial charge in [-0.3, -0.25) is 0 Å². The molecule has 0 saturated heterocycles. The zero-order chi connectivity index (χ0) is 38.4. The average molecular weight is 746 g/mol. The minimum Gasteiger partial charge on any atom is -0.460 e. The molecular formula is C54H39N3O. The molecule has 0 spiro atoms. The van der Waals surface area contributed by atoms with Gasteiger partial charge in [-0.15, -0.1) is 0 Å². The minimum absolute atomic E-state index is 0.940. The van der Waals surface area contributed by atoms with E-state index in [1.165, 1.54) is 32.8 Å². The number of aromatic nitrogens is 1. The maximum Gasteiger partial charge on any atom is 0.142 e. The third-order valence-electron chi connectivity index (χ3n) is 11.4. The van der Waals surface area contributed by atoms with E-state index in [0.29, 0.717) is 0 Å². The fourth-order valence-electron chi connectivity index (χ4n) is 8.74. The van der Waals surface area contributed by atoms with E-state index in [1.807, 2.05) is 0 Å². The fourth-order valence-corrected chi connectivity index (χ4v) is 8.74. The summed E-state index contributed by atoms with van der Waals surface area (Å²) in [6.07, 6.45) is 6.42. The lowest BCUT2D eigenvalue weighted by atomic mass is 9.99. The molecule has 4 heteroatoms. The molecule has 0 saturated carbocycles. The van der Waals surface area contributed by atoms with E-state index in [1.54, 1.807) is 0 Å². The number of hydrogen-bond acceptors (Lipinski definition) is 3. The van der Waals surface area contributed by atoms with E-state index in [-0.39, 0.29) is 0 Å². The highest BCUT2D eigenvalue weighted by atomic mass is 16.3. The van der Waals surface area contributed by atoms with Crippen molar-refractivity contribution in [1.82, 2.24) is 4.57 Å². The van der Waals surface area contributed by atoms with Crippen molar-refractivity contribution in [2.75, 3.05) is 9.80 Å². The number of para-hydroxylation sites is 5. The van der Waals surface area contributed by atoms with Crippen LogP contribution in [-0.4, -0.2) is 4.57 Å². The SMILES string of the molecule is C1=Cc2c(oc3c(-c4ccc(N(c5ccc(N(c6ccccc6)c6ccccc6)cc5)c5ccc6c(c5)c5ccccc5n6-c5ccccc5)cc4)cccc23)CC1. The Bertz CT molecular complexity index is 3050. The predicted molar refractivity (Wildman–Crippen MR) is 243 cm³/mol. The van der Waals surface area contributed by atoms with Crippen LogP contribution in [-0.2, 0) is 6.42 Å². The third-order valence-corrected chi connectivity index (χ3v) is 11.4. The Hall–Kier alpha value is -7.56. The number of rotatable bonds is 8. The second-order valence-electron chi connectivity index (χ2n) is 14.9. The van der Waals surface area contributed by atoms with Crippen LogP contribution in [0.4, 0.5) is 34.1 Å². The Morgan fingerprint density at radius 2 is 0.966 bits per heavy atom. The Balaban J connectivity index is 1.05. The van der Waals surface area contributed by atoms with Crippen molar-refractivity contribution in [2.24, 2.45) is 0 Å². The molecule has 11 rings (SSSR count). The van der Waals surface area contributed by atoms with Gasteiger partial charge in [0.15, 0.2) is 0 Å². The lowest BCUT2D eigenvalue weighted by molar-refractivity contribution is 0.547. The molecule has 10 aromatic rings. The van der Waals surface area contributed by atoms with Crippen molar-refractivity contribution in [3.63, 3.8) is 0 Å². The van der Waals surface area contributed by atoms with E-state index in [9.17, 15) is 0 Å². The first-order valence-corrected chi connectivity index (χ1v) is 20.0. The molecule has 4 nitrogen and oxygen atoms in total. The molecule has 2 aromatic heterocycles.